The van der Waals surface area contributed by atoms with Gasteiger partial charge in [-0.05, 0) is 31.1 Å². The SMILES string of the molecule is CCNC(=NCC(C)CO)NCCN1C(=O)C2C3C=CC(C3)C2C1=O.I. The van der Waals surface area contributed by atoms with Crippen LogP contribution in [0.5, 0.6) is 0 Å². The van der Waals surface area contributed by atoms with Crippen molar-refractivity contribution >= 4 is 41.8 Å². The van der Waals surface area contributed by atoms with Crippen LogP contribution in [0.2, 0.25) is 0 Å². The van der Waals surface area contributed by atoms with Crippen molar-refractivity contribution in [2.75, 3.05) is 32.8 Å². The average Bonchev–Trinajstić information content (AvgIpc) is 3.28. The molecule has 2 bridgehead atoms. The molecule has 2 aliphatic carbocycles. The Balaban J connectivity index is 0.00000243. The number of likely N-dealkylation sites (tertiary alicyclic amines) is 1. The summed E-state index contributed by atoms with van der Waals surface area (Å²) in [6.07, 6.45) is 5.17. The number of aliphatic imine (C=N–C) groups is 1. The molecule has 5 unspecified atom stereocenters. The largest absolute Gasteiger partial charge is 0.396 e. The molecule has 146 valence electrons. The first-order valence-electron chi connectivity index (χ1n) is 9.23. The number of rotatable bonds is 7. The van der Waals surface area contributed by atoms with E-state index in [0.29, 0.717) is 25.6 Å². The second-order valence-electron chi connectivity index (χ2n) is 7.26. The van der Waals surface area contributed by atoms with Gasteiger partial charge in [0.25, 0.3) is 0 Å². The summed E-state index contributed by atoms with van der Waals surface area (Å²) in [5.41, 5.74) is 0. The minimum atomic E-state index is -0.130. The minimum Gasteiger partial charge on any atom is -0.396 e. The molecule has 0 aromatic rings. The molecule has 0 aromatic carbocycles. The molecule has 26 heavy (non-hydrogen) atoms. The van der Waals surface area contributed by atoms with Crippen LogP contribution in [-0.4, -0.2) is 60.6 Å². The van der Waals surface area contributed by atoms with Crippen molar-refractivity contribution < 1.29 is 14.7 Å². The van der Waals surface area contributed by atoms with E-state index in [4.69, 9.17) is 5.11 Å². The lowest BCUT2D eigenvalue weighted by Gasteiger charge is -2.18. The van der Waals surface area contributed by atoms with Crippen LogP contribution < -0.4 is 10.6 Å². The molecule has 2 amide bonds. The maximum absolute atomic E-state index is 12.6. The molecule has 7 nitrogen and oxygen atoms in total. The first-order chi connectivity index (χ1) is 12.1. The van der Waals surface area contributed by atoms with Gasteiger partial charge >= 0.3 is 0 Å². The van der Waals surface area contributed by atoms with Gasteiger partial charge in [0.05, 0.1) is 11.8 Å². The number of aliphatic hydroxyl groups is 1. The molecule has 0 radical (unpaired) electrons. The fraction of sp³-hybridized carbons (Fsp3) is 0.722. The third-order valence-electron chi connectivity index (χ3n) is 5.41. The summed E-state index contributed by atoms with van der Waals surface area (Å²) in [6, 6.07) is 0. The van der Waals surface area contributed by atoms with Gasteiger partial charge in [-0.1, -0.05) is 19.1 Å². The van der Waals surface area contributed by atoms with Crippen LogP contribution in [0.3, 0.4) is 0 Å². The second-order valence-corrected chi connectivity index (χ2v) is 7.26. The third-order valence-corrected chi connectivity index (χ3v) is 5.41. The zero-order chi connectivity index (χ0) is 18.0. The van der Waals surface area contributed by atoms with E-state index >= 15 is 0 Å². The third kappa shape index (κ3) is 4.05. The van der Waals surface area contributed by atoms with Crippen LogP contribution in [0.4, 0.5) is 0 Å². The van der Waals surface area contributed by atoms with Gasteiger partial charge in [0.1, 0.15) is 0 Å². The standard InChI is InChI=1S/C18H28N4O3.HI/c1-3-19-18(21-9-11(2)10-23)20-6-7-22-16(24)14-12-4-5-13(8-12)15(14)17(22)25;/h4-5,11-15,23H,3,6-10H2,1-2H3,(H2,19,20,21);1H. The molecule has 0 aromatic heterocycles. The van der Waals surface area contributed by atoms with Gasteiger partial charge in [-0.3, -0.25) is 19.5 Å². The number of amides is 2. The summed E-state index contributed by atoms with van der Waals surface area (Å²) in [5.74, 6) is 0.966. The molecular weight excluding hydrogens is 447 g/mol. The van der Waals surface area contributed by atoms with E-state index in [9.17, 15) is 9.59 Å². The number of aliphatic hydroxyl groups excluding tert-OH is 1. The molecule has 5 atom stereocenters. The zero-order valence-electron chi connectivity index (χ0n) is 15.4. The number of nitrogens with one attached hydrogen (secondary N) is 2. The van der Waals surface area contributed by atoms with Crippen LogP contribution in [0.1, 0.15) is 20.3 Å². The molecule has 1 aliphatic heterocycles. The maximum atomic E-state index is 12.6. The summed E-state index contributed by atoms with van der Waals surface area (Å²) >= 11 is 0. The van der Waals surface area contributed by atoms with E-state index in [1.165, 1.54) is 4.90 Å². The van der Waals surface area contributed by atoms with Crippen molar-refractivity contribution in [3.63, 3.8) is 0 Å². The predicted octanol–water partition coefficient (Wildman–Crippen LogP) is 0.595. The molecule has 3 aliphatic rings. The van der Waals surface area contributed by atoms with Crippen molar-refractivity contribution in [1.82, 2.24) is 15.5 Å². The lowest BCUT2D eigenvalue weighted by molar-refractivity contribution is -0.140. The highest BCUT2D eigenvalue weighted by Crippen LogP contribution is 2.52. The Labute approximate surface area is 171 Å². The van der Waals surface area contributed by atoms with E-state index in [-0.39, 0.29) is 72.0 Å². The highest BCUT2D eigenvalue weighted by atomic mass is 127. The van der Waals surface area contributed by atoms with Gasteiger partial charge in [0, 0.05) is 32.8 Å². The summed E-state index contributed by atoms with van der Waals surface area (Å²) in [7, 11) is 0. The Hall–Kier alpha value is -1.16. The summed E-state index contributed by atoms with van der Waals surface area (Å²) in [6.45, 7) is 6.08. The van der Waals surface area contributed by atoms with Crippen LogP contribution in [-0.2, 0) is 9.59 Å². The molecular formula is C18H29IN4O3. The maximum Gasteiger partial charge on any atom is 0.233 e. The van der Waals surface area contributed by atoms with Crippen LogP contribution in [0, 0.1) is 29.6 Å². The molecule has 8 heteroatoms. The Bertz CT molecular complexity index is 565. The van der Waals surface area contributed by atoms with Crippen molar-refractivity contribution in [3.8, 4) is 0 Å². The lowest BCUT2D eigenvalue weighted by Crippen LogP contribution is -2.43. The molecule has 1 heterocycles. The molecule has 1 saturated carbocycles. The number of hydrogen-bond donors (Lipinski definition) is 3. The van der Waals surface area contributed by atoms with Crippen LogP contribution >= 0.6 is 24.0 Å². The van der Waals surface area contributed by atoms with Crippen LogP contribution in [0.15, 0.2) is 17.1 Å². The molecule has 1 saturated heterocycles. The topological polar surface area (TPSA) is 94.0 Å². The molecule has 2 fully saturated rings. The van der Waals surface area contributed by atoms with Gasteiger partial charge in [-0.15, -0.1) is 24.0 Å². The first-order valence-corrected chi connectivity index (χ1v) is 9.23. The average molecular weight is 476 g/mol. The van der Waals surface area contributed by atoms with E-state index in [1.807, 2.05) is 13.8 Å². The van der Waals surface area contributed by atoms with Crippen molar-refractivity contribution in [2.24, 2.45) is 34.6 Å². The van der Waals surface area contributed by atoms with Gasteiger partial charge in [-0.2, -0.15) is 0 Å². The number of nitrogens with zero attached hydrogens (tertiary/aromatic N) is 2. The number of carbonyl (C=O) groups is 2. The summed E-state index contributed by atoms with van der Waals surface area (Å²) < 4.78 is 0. The van der Waals surface area contributed by atoms with Crippen molar-refractivity contribution in [3.05, 3.63) is 12.2 Å². The van der Waals surface area contributed by atoms with Gasteiger partial charge in [0.15, 0.2) is 5.96 Å². The van der Waals surface area contributed by atoms with Gasteiger partial charge < -0.3 is 15.7 Å². The zero-order valence-corrected chi connectivity index (χ0v) is 17.7. The van der Waals surface area contributed by atoms with E-state index in [0.717, 1.165) is 13.0 Å². The molecule has 3 N–H and O–H groups in total. The fourth-order valence-electron chi connectivity index (χ4n) is 4.12. The Morgan fingerprint density at radius 1 is 1.27 bits per heavy atom. The second kappa shape index (κ2) is 9.16. The van der Waals surface area contributed by atoms with Gasteiger partial charge in [-0.25, -0.2) is 0 Å². The summed E-state index contributed by atoms with van der Waals surface area (Å²) in [4.78, 5) is 31.1. The van der Waals surface area contributed by atoms with E-state index < -0.39 is 0 Å². The quantitative estimate of drug-likeness (QED) is 0.165. The molecule has 0 spiro atoms. The number of allylic oxidation sites excluding steroid dienone is 2. The van der Waals surface area contributed by atoms with Gasteiger partial charge in [0.2, 0.25) is 11.8 Å². The molecule has 3 rings (SSSR count). The normalized spacial score (nSPS) is 30.4. The predicted molar refractivity (Wildman–Crippen MR) is 110 cm³/mol. The number of fused-ring (bicyclic) bond motifs is 5. The van der Waals surface area contributed by atoms with Crippen LogP contribution in [0.25, 0.3) is 0 Å². The lowest BCUT2D eigenvalue weighted by atomic mass is 9.85. The smallest absolute Gasteiger partial charge is 0.233 e. The number of hydrogen-bond acceptors (Lipinski definition) is 4. The van der Waals surface area contributed by atoms with E-state index in [2.05, 4.69) is 27.8 Å². The number of imide groups is 1. The highest BCUT2D eigenvalue weighted by Gasteiger charge is 2.58. The fourth-order valence-corrected chi connectivity index (χ4v) is 4.12. The number of guanidine groups is 1. The Kier molecular flexibility index (Phi) is 7.45. The Morgan fingerprint density at radius 3 is 2.42 bits per heavy atom. The minimum absolute atomic E-state index is 0. The Morgan fingerprint density at radius 2 is 1.88 bits per heavy atom. The summed E-state index contributed by atoms with van der Waals surface area (Å²) in [5, 5.41) is 15.4. The van der Waals surface area contributed by atoms with Crippen molar-refractivity contribution in [1.29, 1.82) is 0 Å². The number of carbonyl (C=O) groups excluding carboxylic acids is 2. The first kappa shape index (κ1) is 21.1. The van der Waals surface area contributed by atoms with Crippen molar-refractivity contribution in [2.45, 2.75) is 20.3 Å². The monoisotopic (exact) mass is 476 g/mol. The highest BCUT2D eigenvalue weighted by molar-refractivity contribution is 14.0. The van der Waals surface area contributed by atoms with E-state index in [1.54, 1.807) is 0 Å². The number of halogens is 1.